The Kier molecular flexibility index (Phi) is 4.53. The van der Waals surface area contributed by atoms with Crippen molar-refractivity contribution in [1.82, 2.24) is 9.38 Å². The second-order valence-corrected chi connectivity index (χ2v) is 5.94. The summed E-state index contributed by atoms with van der Waals surface area (Å²) in [6.45, 7) is 0.239. The van der Waals surface area contributed by atoms with Crippen molar-refractivity contribution in [1.29, 1.82) is 0 Å². The van der Waals surface area contributed by atoms with E-state index >= 15 is 0 Å². The third-order valence-electron chi connectivity index (χ3n) is 4.02. The molecular formula is C21H16FN3O2. The molecule has 2 aromatic carbocycles. The summed E-state index contributed by atoms with van der Waals surface area (Å²) in [4.78, 5) is 17.0. The third-order valence-corrected chi connectivity index (χ3v) is 4.02. The molecule has 0 saturated heterocycles. The van der Waals surface area contributed by atoms with Gasteiger partial charge in [0.1, 0.15) is 23.8 Å². The van der Waals surface area contributed by atoms with Crippen LogP contribution in [0.1, 0.15) is 16.1 Å². The van der Waals surface area contributed by atoms with Crippen molar-refractivity contribution in [3.63, 3.8) is 0 Å². The number of pyridine rings is 1. The molecule has 0 atom stereocenters. The maximum absolute atomic E-state index is 13.0. The topological polar surface area (TPSA) is 55.6 Å². The highest BCUT2D eigenvalue weighted by Gasteiger charge is 2.13. The van der Waals surface area contributed by atoms with Crippen molar-refractivity contribution < 1.29 is 13.9 Å². The number of carbonyl (C=O) groups excluding carboxylic acids is 1. The average Bonchev–Trinajstić information content (AvgIpc) is 3.11. The number of carbonyl (C=O) groups is 1. The number of anilines is 1. The molecule has 0 bridgehead atoms. The monoisotopic (exact) mass is 361 g/mol. The summed E-state index contributed by atoms with van der Waals surface area (Å²) < 4.78 is 20.8. The van der Waals surface area contributed by atoms with Gasteiger partial charge in [-0.1, -0.05) is 18.2 Å². The Morgan fingerprint density at radius 1 is 1.04 bits per heavy atom. The minimum atomic E-state index is -0.357. The Bertz CT molecular complexity index is 1060. The molecule has 0 aliphatic heterocycles. The number of rotatable bonds is 5. The molecule has 27 heavy (non-hydrogen) atoms. The van der Waals surface area contributed by atoms with Gasteiger partial charge in [-0.3, -0.25) is 4.79 Å². The molecule has 0 fully saturated rings. The molecule has 0 saturated carbocycles. The molecule has 0 spiro atoms. The van der Waals surface area contributed by atoms with Crippen LogP contribution in [0.2, 0.25) is 0 Å². The Hall–Kier alpha value is -3.67. The van der Waals surface area contributed by atoms with Crippen LogP contribution in [0.4, 0.5) is 10.1 Å². The van der Waals surface area contributed by atoms with Gasteiger partial charge >= 0.3 is 0 Å². The zero-order valence-electron chi connectivity index (χ0n) is 14.3. The number of hydrogen-bond donors (Lipinski definition) is 1. The van der Waals surface area contributed by atoms with Crippen LogP contribution in [0.5, 0.6) is 5.75 Å². The number of imidazole rings is 1. The standard InChI is InChI=1S/C21H16FN3O2/c22-15-8-10-16(11-9-15)24-21(26)18-5-1-2-6-19(18)27-14-17-13-25-12-4-3-7-20(25)23-17/h1-13H,14H2,(H,24,26). The van der Waals surface area contributed by atoms with Gasteiger partial charge in [0, 0.05) is 18.1 Å². The highest BCUT2D eigenvalue weighted by Crippen LogP contribution is 2.21. The van der Waals surface area contributed by atoms with Crippen LogP contribution in [0, 0.1) is 5.82 Å². The summed E-state index contributed by atoms with van der Waals surface area (Å²) in [5.74, 6) is -0.231. The fraction of sp³-hybridized carbons (Fsp3) is 0.0476. The van der Waals surface area contributed by atoms with E-state index in [1.54, 1.807) is 24.3 Å². The number of para-hydroxylation sites is 1. The molecule has 6 heteroatoms. The van der Waals surface area contributed by atoms with Crippen molar-refractivity contribution >= 4 is 17.2 Å². The molecule has 0 unspecified atom stereocenters. The van der Waals surface area contributed by atoms with Crippen LogP contribution < -0.4 is 10.1 Å². The second-order valence-electron chi connectivity index (χ2n) is 5.94. The van der Waals surface area contributed by atoms with Crippen LogP contribution in [0.25, 0.3) is 5.65 Å². The smallest absolute Gasteiger partial charge is 0.259 e. The second kappa shape index (κ2) is 7.29. The van der Waals surface area contributed by atoms with E-state index < -0.39 is 0 Å². The van der Waals surface area contributed by atoms with Crippen LogP contribution in [-0.4, -0.2) is 15.3 Å². The number of benzene rings is 2. The van der Waals surface area contributed by atoms with E-state index in [1.807, 2.05) is 35.0 Å². The minimum absolute atomic E-state index is 0.239. The van der Waals surface area contributed by atoms with E-state index in [1.165, 1.54) is 24.3 Å². The van der Waals surface area contributed by atoms with Crippen molar-refractivity contribution in [2.45, 2.75) is 6.61 Å². The first-order chi connectivity index (χ1) is 13.2. The van der Waals surface area contributed by atoms with Gasteiger partial charge in [-0.15, -0.1) is 0 Å². The molecule has 4 aromatic rings. The zero-order valence-corrected chi connectivity index (χ0v) is 14.3. The van der Waals surface area contributed by atoms with Gasteiger partial charge in [0.15, 0.2) is 0 Å². The van der Waals surface area contributed by atoms with E-state index in [0.29, 0.717) is 17.0 Å². The summed E-state index contributed by atoms with van der Waals surface area (Å²) in [6.07, 6.45) is 3.80. The lowest BCUT2D eigenvalue weighted by Gasteiger charge is -2.11. The third kappa shape index (κ3) is 3.79. The fourth-order valence-corrected chi connectivity index (χ4v) is 2.72. The summed E-state index contributed by atoms with van der Waals surface area (Å²) in [7, 11) is 0. The summed E-state index contributed by atoms with van der Waals surface area (Å²) in [5, 5.41) is 2.74. The highest BCUT2D eigenvalue weighted by molar-refractivity contribution is 6.06. The first kappa shape index (κ1) is 16.8. The molecule has 134 valence electrons. The lowest BCUT2D eigenvalue weighted by molar-refractivity contribution is 0.102. The Morgan fingerprint density at radius 3 is 2.63 bits per heavy atom. The quantitative estimate of drug-likeness (QED) is 0.576. The van der Waals surface area contributed by atoms with E-state index in [4.69, 9.17) is 4.74 Å². The first-order valence-corrected chi connectivity index (χ1v) is 8.40. The van der Waals surface area contributed by atoms with Crippen molar-refractivity contribution in [3.8, 4) is 5.75 Å². The number of nitrogens with one attached hydrogen (secondary N) is 1. The minimum Gasteiger partial charge on any atom is -0.486 e. The molecule has 5 nitrogen and oxygen atoms in total. The van der Waals surface area contributed by atoms with Gasteiger partial charge < -0.3 is 14.5 Å². The molecule has 1 amide bonds. The SMILES string of the molecule is O=C(Nc1ccc(F)cc1)c1ccccc1OCc1cn2ccccc2n1. The van der Waals surface area contributed by atoms with Crippen LogP contribution in [0.15, 0.2) is 79.1 Å². The van der Waals surface area contributed by atoms with Gasteiger partial charge in [-0.25, -0.2) is 9.37 Å². The molecule has 0 aliphatic rings. The molecule has 2 heterocycles. The van der Waals surface area contributed by atoms with E-state index in [2.05, 4.69) is 10.3 Å². The van der Waals surface area contributed by atoms with Gasteiger partial charge in [0.2, 0.25) is 0 Å². The summed E-state index contributed by atoms with van der Waals surface area (Å²) >= 11 is 0. The van der Waals surface area contributed by atoms with Crippen LogP contribution >= 0.6 is 0 Å². The number of hydrogen-bond acceptors (Lipinski definition) is 3. The first-order valence-electron chi connectivity index (χ1n) is 8.40. The molecule has 0 aliphatic carbocycles. The van der Waals surface area contributed by atoms with Crippen LogP contribution in [-0.2, 0) is 6.61 Å². The zero-order chi connectivity index (χ0) is 18.6. The number of fused-ring (bicyclic) bond motifs is 1. The van der Waals surface area contributed by atoms with Gasteiger partial charge in [0.25, 0.3) is 5.91 Å². The predicted octanol–water partition coefficient (Wildman–Crippen LogP) is 4.30. The van der Waals surface area contributed by atoms with E-state index in [-0.39, 0.29) is 18.3 Å². The van der Waals surface area contributed by atoms with Crippen molar-refractivity contribution in [3.05, 3.63) is 96.2 Å². The Morgan fingerprint density at radius 2 is 1.81 bits per heavy atom. The molecule has 1 N–H and O–H groups in total. The summed E-state index contributed by atoms with van der Waals surface area (Å²) in [6, 6.07) is 18.3. The van der Waals surface area contributed by atoms with Crippen molar-refractivity contribution in [2.75, 3.05) is 5.32 Å². The molecule has 0 radical (unpaired) electrons. The van der Waals surface area contributed by atoms with Gasteiger partial charge in [-0.05, 0) is 48.5 Å². The van der Waals surface area contributed by atoms with Gasteiger partial charge in [-0.2, -0.15) is 0 Å². The molecular weight excluding hydrogens is 345 g/mol. The molecule has 4 rings (SSSR count). The number of nitrogens with zero attached hydrogens (tertiary/aromatic N) is 2. The number of halogens is 1. The van der Waals surface area contributed by atoms with E-state index in [0.717, 1.165) is 11.3 Å². The van der Waals surface area contributed by atoms with Crippen LogP contribution in [0.3, 0.4) is 0 Å². The Labute approximate surface area is 155 Å². The van der Waals surface area contributed by atoms with E-state index in [9.17, 15) is 9.18 Å². The Balaban J connectivity index is 1.50. The number of amides is 1. The van der Waals surface area contributed by atoms with Crippen molar-refractivity contribution in [2.24, 2.45) is 0 Å². The van der Waals surface area contributed by atoms with Gasteiger partial charge in [0.05, 0.1) is 11.3 Å². The summed E-state index contributed by atoms with van der Waals surface area (Å²) in [5.41, 5.74) is 2.50. The number of ether oxygens (including phenoxy) is 1. The molecule has 2 aromatic heterocycles. The maximum atomic E-state index is 13.0. The highest BCUT2D eigenvalue weighted by atomic mass is 19.1. The average molecular weight is 361 g/mol. The normalized spacial score (nSPS) is 10.7. The lowest BCUT2D eigenvalue weighted by atomic mass is 10.2. The maximum Gasteiger partial charge on any atom is 0.259 e. The number of aromatic nitrogens is 2. The predicted molar refractivity (Wildman–Crippen MR) is 100 cm³/mol. The fourth-order valence-electron chi connectivity index (χ4n) is 2.72. The lowest BCUT2D eigenvalue weighted by Crippen LogP contribution is -2.13. The largest absolute Gasteiger partial charge is 0.486 e.